The lowest BCUT2D eigenvalue weighted by molar-refractivity contribution is -0.655. The molecule has 0 bridgehead atoms. The number of hydrogen-bond acceptors (Lipinski definition) is 6. The number of halogens is 1. The van der Waals surface area contributed by atoms with Gasteiger partial charge >= 0.3 is 5.97 Å². The largest absolute Gasteiger partial charge is 0.550 e. The molecule has 4 aromatic rings. The lowest BCUT2D eigenvalue weighted by atomic mass is 10.0. The zero-order chi connectivity index (χ0) is 31.8. The predicted molar refractivity (Wildman–Crippen MR) is 168 cm³/mol. The third-order valence-electron chi connectivity index (χ3n) is 8.70. The molecule has 12 heteroatoms. The van der Waals surface area contributed by atoms with Gasteiger partial charge < -0.3 is 40.2 Å². The first-order chi connectivity index (χ1) is 21.6. The van der Waals surface area contributed by atoms with Crippen LogP contribution in [0.5, 0.6) is 0 Å². The Labute approximate surface area is 263 Å². The molecule has 3 aliphatic rings. The zero-order valence-corrected chi connectivity index (χ0v) is 25.2. The van der Waals surface area contributed by atoms with Crippen molar-refractivity contribution in [3.8, 4) is 0 Å². The maximum atomic E-state index is 14.6. The number of carbonyl (C=O) groups is 3. The van der Waals surface area contributed by atoms with Crippen LogP contribution < -0.4 is 25.7 Å². The minimum Gasteiger partial charge on any atom is -0.550 e. The van der Waals surface area contributed by atoms with Gasteiger partial charge in [0.2, 0.25) is 5.43 Å². The standard InChI is InChI=1S/C17H18FN3O3.C17H15NO3.H2O/c18-13-7-11-14(8-15(13)20-5-3-19-4-6-20)21(10-1-2-10)9-12(16(11)22)17(23)24;1-11(17(20)21)12-6-8-14(9-7-12)18-10-13-4-2-3-5-15(13)16(18)19;/h7-10,19H,1-6H2,(H,23,24);2-9,11H,10H2,1H3,(H,20,21);1H2/t;11-;/m.1./s1. The maximum Gasteiger partial charge on any atom is 0.341 e. The molecule has 5 N–H and O–H groups in total. The van der Waals surface area contributed by atoms with E-state index in [1.165, 1.54) is 12.3 Å². The number of carboxylic acids is 2. The highest BCUT2D eigenvalue weighted by Crippen LogP contribution is 2.38. The number of aliphatic carboxylic acids is 1. The number of carbonyl (C=O) groups excluding carboxylic acids is 2. The fourth-order valence-electron chi connectivity index (χ4n) is 5.94. The topological polar surface area (TPSA) is 171 Å². The van der Waals surface area contributed by atoms with Crippen LogP contribution in [0.2, 0.25) is 0 Å². The lowest BCUT2D eigenvalue weighted by Gasteiger charge is -2.28. The molecule has 1 saturated carbocycles. The van der Waals surface area contributed by atoms with Crippen molar-refractivity contribution in [2.75, 3.05) is 36.0 Å². The Kier molecular flexibility index (Phi) is 9.22. The number of amides is 1. The quantitative estimate of drug-likeness (QED) is 0.325. The van der Waals surface area contributed by atoms with Crippen LogP contribution >= 0.6 is 0 Å². The highest BCUT2D eigenvalue weighted by Gasteiger charge is 2.29. The lowest BCUT2D eigenvalue weighted by Crippen LogP contribution is -2.89. The smallest absolute Gasteiger partial charge is 0.341 e. The number of anilines is 2. The Morgan fingerprint density at radius 2 is 1.70 bits per heavy atom. The molecule has 3 aromatic carbocycles. The Balaban J connectivity index is 0.000000179. The number of aromatic carboxylic acids is 1. The van der Waals surface area contributed by atoms with E-state index in [1.807, 2.05) is 33.7 Å². The van der Waals surface area contributed by atoms with Crippen molar-refractivity contribution in [2.24, 2.45) is 0 Å². The normalized spacial score (nSPS) is 16.3. The molecule has 1 aromatic heterocycles. The van der Waals surface area contributed by atoms with E-state index in [0.717, 1.165) is 55.8 Å². The van der Waals surface area contributed by atoms with E-state index in [1.54, 1.807) is 42.2 Å². The summed E-state index contributed by atoms with van der Waals surface area (Å²) in [6.07, 6.45) is 3.31. The first-order valence-corrected chi connectivity index (χ1v) is 15.0. The van der Waals surface area contributed by atoms with E-state index in [-0.39, 0.29) is 28.4 Å². The summed E-state index contributed by atoms with van der Waals surface area (Å²) >= 11 is 0. The SMILES string of the molecule is C[C@@H](C(=O)[O-])c1ccc(N2Cc3ccccc3C2=O)cc1.O.O=C(O)c1cn(C2CC2)c2cc(N3CC[NH2+]CC3)c(F)cc2c1=O. The van der Waals surface area contributed by atoms with Crippen molar-refractivity contribution in [1.82, 2.24) is 4.57 Å². The van der Waals surface area contributed by atoms with Crippen molar-refractivity contribution in [1.29, 1.82) is 0 Å². The highest BCUT2D eigenvalue weighted by atomic mass is 19.1. The number of rotatable bonds is 6. The van der Waals surface area contributed by atoms with E-state index in [0.29, 0.717) is 23.3 Å². The number of piperazine rings is 1. The number of quaternary nitrogens is 1. The summed E-state index contributed by atoms with van der Waals surface area (Å²) in [7, 11) is 0. The Morgan fingerprint density at radius 1 is 1.02 bits per heavy atom. The van der Waals surface area contributed by atoms with Crippen molar-refractivity contribution < 1.29 is 39.8 Å². The van der Waals surface area contributed by atoms with Gasteiger partial charge in [-0.15, -0.1) is 0 Å². The van der Waals surface area contributed by atoms with Crippen LogP contribution in [0.1, 0.15) is 63.6 Å². The second-order valence-electron chi connectivity index (χ2n) is 11.7. The van der Waals surface area contributed by atoms with Gasteiger partial charge in [-0.3, -0.25) is 9.59 Å². The Morgan fingerprint density at radius 3 is 2.30 bits per heavy atom. The van der Waals surface area contributed by atoms with Gasteiger partial charge in [0.05, 0.1) is 43.9 Å². The molecule has 11 nitrogen and oxygen atoms in total. The third kappa shape index (κ3) is 6.22. The van der Waals surface area contributed by atoms with E-state index < -0.39 is 29.1 Å². The minimum absolute atomic E-state index is 0. The van der Waals surface area contributed by atoms with Crippen LogP contribution in [0.15, 0.2) is 71.7 Å². The molecule has 0 spiro atoms. The average molecular weight is 631 g/mol. The van der Waals surface area contributed by atoms with Gasteiger partial charge in [-0.05, 0) is 54.3 Å². The number of pyridine rings is 1. The summed E-state index contributed by atoms with van der Waals surface area (Å²) in [5.41, 5.74) is 3.37. The van der Waals surface area contributed by atoms with Gasteiger partial charge in [-0.2, -0.15) is 0 Å². The van der Waals surface area contributed by atoms with Crippen LogP contribution in [0, 0.1) is 5.82 Å². The zero-order valence-electron chi connectivity index (χ0n) is 25.2. The number of benzene rings is 3. The molecular formula is C34H35FN4O7. The van der Waals surface area contributed by atoms with E-state index in [9.17, 15) is 33.8 Å². The molecule has 0 radical (unpaired) electrons. The van der Waals surface area contributed by atoms with Crippen molar-refractivity contribution >= 4 is 40.1 Å². The summed E-state index contributed by atoms with van der Waals surface area (Å²) in [5.74, 6) is -3.53. The second-order valence-corrected chi connectivity index (χ2v) is 11.7. The van der Waals surface area contributed by atoms with Gasteiger partial charge in [0.25, 0.3) is 5.91 Å². The molecule has 1 aliphatic carbocycles. The molecule has 0 unspecified atom stereocenters. The van der Waals surface area contributed by atoms with Gasteiger partial charge in [0.15, 0.2) is 0 Å². The molecule has 1 saturated heterocycles. The number of hydrogen-bond donors (Lipinski definition) is 2. The fourth-order valence-corrected chi connectivity index (χ4v) is 5.94. The van der Waals surface area contributed by atoms with Crippen LogP contribution in [0.25, 0.3) is 10.9 Å². The summed E-state index contributed by atoms with van der Waals surface area (Å²) in [4.78, 5) is 50.7. The Bertz CT molecular complexity index is 1860. The van der Waals surface area contributed by atoms with E-state index >= 15 is 0 Å². The molecule has 46 heavy (non-hydrogen) atoms. The van der Waals surface area contributed by atoms with E-state index in [4.69, 9.17) is 0 Å². The van der Waals surface area contributed by atoms with Crippen molar-refractivity contribution in [3.05, 3.63) is 105 Å². The second kappa shape index (κ2) is 13.1. The monoisotopic (exact) mass is 630 g/mol. The van der Waals surface area contributed by atoms with E-state index in [2.05, 4.69) is 5.32 Å². The van der Waals surface area contributed by atoms with Crippen molar-refractivity contribution in [2.45, 2.75) is 38.3 Å². The molecule has 1 amide bonds. The summed E-state index contributed by atoms with van der Waals surface area (Å²) in [5, 5.41) is 22.5. The van der Waals surface area contributed by atoms with Gasteiger partial charge in [0.1, 0.15) is 11.4 Å². The summed E-state index contributed by atoms with van der Waals surface area (Å²) in [6, 6.07) is 17.7. The number of carboxylic acid groups (broad SMARTS) is 2. The van der Waals surface area contributed by atoms with Crippen LogP contribution in [0.4, 0.5) is 15.8 Å². The minimum atomic E-state index is -1.27. The summed E-state index contributed by atoms with van der Waals surface area (Å²) in [6.45, 7) is 5.45. The number of fused-ring (bicyclic) bond motifs is 2. The van der Waals surface area contributed by atoms with Crippen molar-refractivity contribution in [3.63, 3.8) is 0 Å². The molecule has 3 heterocycles. The fraction of sp³-hybridized carbons (Fsp3) is 0.294. The molecule has 1 atom stereocenters. The molecule has 7 rings (SSSR count). The maximum absolute atomic E-state index is 14.6. The number of aromatic nitrogens is 1. The molecule has 240 valence electrons. The third-order valence-corrected chi connectivity index (χ3v) is 8.70. The number of nitrogens with zero attached hydrogens (tertiary/aromatic N) is 3. The molecule has 2 fully saturated rings. The van der Waals surface area contributed by atoms with Gasteiger partial charge in [0, 0.05) is 40.8 Å². The van der Waals surface area contributed by atoms with Gasteiger partial charge in [-0.1, -0.05) is 37.3 Å². The summed E-state index contributed by atoms with van der Waals surface area (Å²) < 4.78 is 16.5. The first-order valence-electron chi connectivity index (χ1n) is 15.0. The van der Waals surface area contributed by atoms with Crippen LogP contribution in [0.3, 0.4) is 0 Å². The van der Waals surface area contributed by atoms with Gasteiger partial charge in [-0.25, -0.2) is 9.18 Å². The van der Waals surface area contributed by atoms with Crippen LogP contribution in [-0.4, -0.2) is 59.2 Å². The predicted octanol–water partition coefficient (Wildman–Crippen LogP) is 1.43. The molecular weight excluding hydrogens is 595 g/mol. The number of nitrogens with two attached hydrogens (primary N) is 1. The first kappa shape index (κ1) is 32.3. The Hall–Kier alpha value is -5.07. The van der Waals surface area contributed by atoms with Crippen LogP contribution in [-0.2, 0) is 11.3 Å². The highest BCUT2D eigenvalue weighted by molar-refractivity contribution is 6.10. The molecule has 2 aliphatic heterocycles. The average Bonchev–Trinajstić information content (AvgIpc) is 3.84.